The lowest BCUT2D eigenvalue weighted by Gasteiger charge is -2.09. The summed E-state index contributed by atoms with van der Waals surface area (Å²) < 4.78 is 2.12. The summed E-state index contributed by atoms with van der Waals surface area (Å²) in [4.78, 5) is 35.3. The summed E-state index contributed by atoms with van der Waals surface area (Å²) in [5.41, 5.74) is -0.342. The van der Waals surface area contributed by atoms with E-state index in [1.54, 1.807) is 18.2 Å². The van der Waals surface area contributed by atoms with Crippen LogP contribution < -0.4 is 16.6 Å². The van der Waals surface area contributed by atoms with Crippen molar-refractivity contribution >= 4 is 41.0 Å². The minimum Gasteiger partial charge on any atom is -0.308 e. The smallest absolute Gasteiger partial charge is 0.308 e. The predicted octanol–water partition coefficient (Wildman–Crippen LogP) is 2.04. The Balaban J connectivity index is 2.20. The van der Waals surface area contributed by atoms with E-state index in [0.717, 1.165) is 4.57 Å². The first-order chi connectivity index (χ1) is 10.8. The summed E-state index contributed by atoms with van der Waals surface area (Å²) in [6, 6.07) is 6.10. The van der Waals surface area contributed by atoms with Crippen LogP contribution in [0.1, 0.15) is 5.56 Å². The molecule has 0 fully saturated rings. The van der Waals surface area contributed by atoms with Gasteiger partial charge in [0.15, 0.2) is 0 Å². The Kier molecular flexibility index (Phi) is 5.08. The van der Waals surface area contributed by atoms with Crippen molar-refractivity contribution in [2.45, 2.75) is 0 Å². The second-order valence-corrected chi connectivity index (χ2v) is 5.58. The van der Waals surface area contributed by atoms with Gasteiger partial charge in [-0.2, -0.15) is 0 Å². The predicted molar refractivity (Wildman–Crippen MR) is 91.0 cm³/mol. The van der Waals surface area contributed by atoms with E-state index in [1.165, 1.54) is 36.9 Å². The van der Waals surface area contributed by atoms with Crippen LogP contribution in [-0.2, 0) is 18.9 Å². The molecule has 1 aromatic carbocycles. The average molecular weight is 354 g/mol. The average Bonchev–Trinajstić information content (AvgIpc) is 2.51. The van der Waals surface area contributed by atoms with Gasteiger partial charge < -0.3 is 5.32 Å². The molecule has 0 saturated heterocycles. The maximum atomic E-state index is 11.9. The van der Waals surface area contributed by atoms with Crippen LogP contribution in [0.2, 0.25) is 10.0 Å². The highest BCUT2D eigenvalue weighted by atomic mass is 35.5. The van der Waals surface area contributed by atoms with Crippen LogP contribution in [0.4, 0.5) is 5.82 Å². The van der Waals surface area contributed by atoms with E-state index in [-0.39, 0.29) is 5.82 Å². The number of nitrogens with one attached hydrogen (secondary N) is 1. The number of anilines is 1. The molecule has 1 heterocycles. The van der Waals surface area contributed by atoms with Gasteiger partial charge in [-0.3, -0.25) is 18.7 Å². The molecule has 6 nitrogen and oxygen atoms in total. The van der Waals surface area contributed by atoms with Crippen LogP contribution in [0.3, 0.4) is 0 Å². The normalized spacial score (nSPS) is 11.0. The minimum absolute atomic E-state index is 0.113. The molecule has 8 heteroatoms. The van der Waals surface area contributed by atoms with Gasteiger partial charge in [0.05, 0.1) is 10.0 Å². The molecule has 2 aromatic rings. The van der Waals surface area contributed by atoms with Crippen LogP contribution in [-0.4, -0.2) is 15.0 Å². The molecule has 1 N–H and O–H groups in total. The lowest BCUT2D eigenvalue weighted by Crippen LogP contribution is -2.37. The third-order valence-corrected chi connectivity index (χ3v) is 3.89. The van der Waals surface area contributed by atoms with Gasteiger partial charge in [0.25, 0.3) is 5.56 Å². The van der Waals surface area contributed by atoms with Gasteiger partial charge in [-0.15, -0.1) is 0 Å². The van der Waals surface area contributed by atoms with Crippen LogP contribution in [0.15, 0.2) is 39.9 Å². The van der Waals surface area contributed by atoms with Gasteiger partial charge in [0.1, 0.15) is 5.82 Å². The summed E-state index contributed by atoms with van der Waals surface area (Å²) in [5, 5.41) is 3.28. The highest BCUT2D eigenvalue weighted by molar-refractivity contribution is 6.42. The van der Waals surface area contributed by atoms with Crippen molar-refractivity contribution in [3.05, 3.63) is 66.8 Å². The lowest BCUT2D eigenvalue weighted by molar-refractivity contribution is -0.111. The van der Waals surface area contributed by atoms with Gasteiger partial charge in [0.2, 0.25) is 5.91 Å². The zero-order valence-corrected chi connectivity index (χ0v) is 13.9. The van der Waals surface area contributed by atoms with Crippen LogP contribution >= 0.6 is 23.2 Å². The van der Waals surface area contributed by atoms with E-state index < -0.39 is 17.2 Å². The molecule has 0 bridgehead atoms. The van der Waals surface area contributed by atoms with Crippen LogP contribution in [0, 0.1) is 0 Å². The number of amides is 1. The number of carbonyl (C=O) groups is 1. The molecule has 0 spiro atoms. The van der Waals surface area contributed by atoms with E-state index in [4.69, 9.17) is 23.2 Å². The maximum absolute atomic E-state index is 11.9. The Morgan fingerprint density at radius 1 is 1.09 bits per heavy atom. The molecule has 0 aliphatic rings. The summed E-state index contributed by atoms with van der Waals surface area (Å²) in [5.74, 6) is -0.374. The van der Waals surface area contributed by atoms with Crippen molar-refractivity contribution in [2.75, 3.05) is 5.32 Å². The number of halogens is 2. The molecular formula is C15H13Cl2N3O3. The van der Waals surface area contributed by atoms with Crippen molar-refractivity contribution in [3.63, 3.8) is 0 Å². The number of hydrogen-bond acceptors (Lipinski definition) is 3. The standard InChI is InChI=1S/C15H13Cl2N3O3/c1-19-12(8-14(22)20(2)15(19)23)18-13(21)6-4-9-3-5-10(16)11(17)7-9/h3-8H,1-2H3,(H,18,21). The molecule has 0 radical (unpaired) electrons. The quantitative estimate of drug-likeness (QED) is 0.858. The lowest BCUT2D eigenvalue weighted by atomic mass is 10.2. The SMILES string of the molecule is Cn1c(NC(=O)C=Cc2ccc(Cl)c(Cl)c2)cc(=O)n(C)c1=O. The number of carbonyl (C=O) groups excluding carboxylic acids is 1. The van der Waals surface area contributed by atoms with E-state index in [0.29, 0.717) is 15.6 Å². The van der Waals surface area contributed by atoms with Crippen molar-refractivity contribution in [1.29, 1.82) is 0 Å². The maximum Gasteiger partial charge on any atom is 0.332 e. The van der Waals surface area contributed by atoms with E-state index in [2.05, 4.69) is 5.32 Å². The first-order valence-electron chi connectivity index (χ1n) is 6.51. The zero-order chi connectivity index (χ0) is 17.1. The second kappa shape index (κ2) is 6.85. The number of hydrogen-bond donors (Lipinski definition) is 1. The van der Waals surface area contributed by atoms with E-state index in [9.17, 15) is 14.4 Å². The third kappa shape index (κ3) is 3.91. The third-order valence-electron chi connectivity index (χ3n) is 3.15. The molecular weight excluding hydrogens is 341 g/mol. The molecule has 0 saturated carbocycles. The summed E-state index contributed by atoms with van der Waals surface area (Å²) in [6.45, 7) is 0. The highest BCUT2D eigenvalue weighted by Gasteiger charge is 2.07. The highest BCUT2D eigenvalue weighted by Crippen LogP contribution is 2.23. The molecule has 0 aliphatic carbocycles. The molecule has 0 unspecified atom stereocenters. The fraction of sp³-hybridized carbons (Fsp3) is 0.133. The first-order valence-corrected chi connectivity index (χ1v) is 7.26. The number of aromatic nitrogens is 2. The number of rotatable bonds is 3. The largest absolute Gasteiger partial charge is 0.332 e. The van der Waals surface area contributed by atoms with Crippen LogP contribution in [0.25, 0.3) is 6.08 Å². The van der Waals surface area contributed by atoms with Gasteiger partial charge in [-0.25, -0.2) is 4.79 Å². The molecule has 1 aromatic heterocycles. The van der Waals surface area contributed by atoms with Gasteiger partial charge in [-0.05, 0) is 23.8 Å². The molecule has 2 rings (SSSR count). The Labute approximate surface area is 141 Å². The van der Waals surface area contributed by atoms with Crippen molar-refractivity contribution in [2.24, 2.45) is 14.1 Å². The van der Waals surface area contributed by atoms with Gasteiger partial charge in [0, 0.05) is 26.2 Å². The molecule has 0 aliphatic heterocycles. The number of benzene rings is 1. The monoisotopic (exact) mass is 353 g/mol. The summed E-state index contributed by atoms with van der Waals surface area (Å²) in [7, 11) is 2.82. The van der Waals surface area contributed by atoms with Gasteiger partial charge in [-0.1, -0.05) is 29.3 Å². The van der Waals surface area contributed by atoms with Crippen molar-refractivity contribution < 1.29 is 4.79 Å². The van der Waals surface area contributed by atoms with E-state index >= 15 is 0 Å². The molecule has 0 atom stereocenters. The summed E-state index contributed by atoms with van der Waals surface area (Å²) in [6.07, 6.45) is 2.80. The Morgan fingerprint density at radius 2 is 1.78 bits per heavy atom. The molecule has 120 valence electrons. The van der Waals surface area contributed by atoms with Crippen LogP contribution in [0.5, 0.6) is 0 Å². The minimum atomic E-state index is -0.527. The topological polar surface area (TPSA) is 73.1 Å². The Bertz CT molecular complexity index is 913. The number of nitrogens with zero attached hydrogens (tertiary/aromatic N) is 2. The fourth-order valence-corrected chi connectivity index (χ4v) is 2.12. The molecule has 23 heavy (non-hydrogen) atoms. The van der Waals surface area contributed by atoms with Crippen molar-refractivity contribution in [1.82, 2.24) is 9.13 Å². The van der Waals surface area contributed by atoms with E-state index in [1.807, 2.05) is 0 Å². The van der Waals surface area contributed by atoms with Crippen molar-refractivity contribution in [3.8, 4) is 0 Å². The molecule has 1 amide bonds. The fourth-order valence-electron chi connectivity index (χ4n) is 1.81. The van der Waals surface area contributed by atoms with Gasteiger partial charge >= 0.3 is 5.69 Å². The zero-order valence-electron chi connectivity index (χ0n) is 12.3. The Hall–Kier alpha value is -2.31. The second-order valence-electron chi connectivity index (χ2n) is 4.76. The Morgan fingerprint density at radius 3 is 2.43 bits per heavy atom. The first kappa shape index (κ1) is 17.1. The summed E-state index contributed by atoms with van der Waals surface area (Å²) >= 11 is 11.7.